The molecule has 0 amide bonds. The maximum Gasteiger partial charge on any atom is 0.346 e. The van der Waals surface area contributed by atoms with Gasteiger partial charge in [0.05, 0.1) is 0 Å². The fraction of sp³-hybridized carbons (Fsp3) is 1.00. The third-order valence-electron chi connectivity index (χ3n) is 1.21. The van der Waals surface area contributed by atoms with Crippen LogP contribution < -0.4 is 0 Å². The van der Waals surface area contributed by atoms with Crippen LogP contribution in [0.25, 0.3) is 0 Å². The molecule has 0 aliphatic rings. The fourth-order valence-electron chi connectivity index (χ4n) is 0.677. The molecule has 0 aromatic rings. The minimum Gasteiger partial charge on any atom is -0.396 e. The fourth-order valence-corrected chi connectivity index (χ4v) is 0.677. The lowest BCUT2D eigenvalue weighted by atomic mass is 10.4. The van der Waals surface area contributed by atoms with Gasteiger partial charge in [-0.3, -0.25) is 4.90 Å². The quantitative estimate of drug-likeness (QED) is 0.608. The molecule has 1 unspecified atom stereocenters. The number of nitrogens with zero attached hydrogens (tertiary/aromatic N) is 1. The summed E-state index contributed by atoms with van der Waals surface area (Å²) in [6.07, 6.45) is -0.517. The van der Waals surface area contributed by atoms with E-state index in [-0.39, 0.29) is 13.0 Å². The van der Waals surface area contributed by atoms with Crippen LogP contribution in [0, 0.1) is 0 Å². The number of halogens is 2. The van der Waals surface area contributed by atoms with Gasteiger partial charge in [0.25, 0.3) is 0 Å². The summed E-state index contributed by atoms with van der Waals surface area (Å²) in [7, 11) is 3.23. The SMILES string of the molecule is CN(C)C(CCO)OC(F)F. The van der Waals surface area contributed by atoms with Crippen molar-refractivity contribution in [2.75, 3.05) is 20.7 Å². The van der Waals surface area contributed by atoms with E-state index in [1.165, 1.54) is 4.90 Å². The van der Waals surface area contributed by atoms with Gasteiger partial charge in [-0.2, -0.15) is 8.78 Å². The normalized spacial score (nSPS) is 14.5. The first kappa shape index (κ1) is 10.7. The second-order valence-electron chi connectivity index (χ2n) is 2.33. The van der Waals surface area contributed by atoms with E-state index < -0.39 is 12.8 Å². The maximum absolute atomic E-state index is 11.6. The van der Waals surface area contributed by atoms with Gasteiger partial charge in [0.1, 0.15) is 6.23 Å². The van der Waals surface area contributed by atoms with Crippen LogP contribution >= 0.6 is 0 Å². The summed E-state index contributed by atoms with van der Waals surface area (Å²) in [6, 6.07) is 0. The van der Waals surface area contributed by atoms with Gasteiger partial charge in [-0.15, -0.1) is 0 Å². The minimum absolute atomic E-state index is 0.157. The van der Waals surface area contributed by atoms with Crippen LogP contribution in [-0.2, 0) is 4.74 Å². The zero-order chi connectivity index (χ0) is 8.85. The van der Waals surface area contributed by atoms with Crippen molar-refractivity contribution >= 4 is 0 Å². The topological polar surface area (TPSA) is 32.7 Å². The number of alkyl halides is 2. The molecule has 5 heteroatoms. The third kappa shape index (κ3) is 5.06. The molecular formula is C6H13F2NO2. The van der Waals surface area contributed by atoms with E-state index in [1.54, 1.807) is 14.1 Å². The largest absolute Gasteiger partial charge is 0.396 e. The van der Waals surface area contributed by atoms with Crippen LogP contribution in [0.3, 0.4) is 0 Å². The average Bonchev–Trinajstić information content (AvgIpc) is 1.86. The lowest BCUT2D eigenvalue weighted by Gasteiger charge is -2.22. The Hall–Kier alpha value is -0.260. The molecule has 1 atom stereocenters. The van der Waals surface area contributed by atoms with Crippen LogP contribution in [0.4, 0.5) is 8.78 Å². The molecule has 0 aromatic heterocycles. The smallest absolute Gasteiger partial charge is 0.346 e. The van der Waals surface area contributed by atoms with Gasteiger partial charge in [-0.05, 0) is 14.1 Å². The van der Waals surface area contributed by atoms with Gasteiger partial charge < -0.3 is 9.84 Å². The number of aliphatic hydroxyl groups is 1. The van der Waals surface area contributed by atoms with E-state index in [0.29, 0.717) is 0 Å². The molecule has 0 saturated heterocycles. The lowest BCUT2D eigenvalue weighted by molar-refractivity contribution is -0.199. The average molecular weight is 169 g/mol. The van der Waals surface area contributed by atoms with E-state index in [9.17, 15) is 8.78 Å². The van der Waals surface area contributed by atoms with E-state index in [4.69, 9.17) is 5.11 Å². The Morgan fingerprint density at radius 1 is 1.45 bits per heavy atom. The van der Waals surface area contributed by atoms with E-state index in [2.05, 4.69) is 4.74 Å². The molecule has 0 aliphatic heterocycles. The number of aliphatic hydroxyl groups excluding tert-OH is 1. The maximum atomic E-state index is 11.6. The van der Waals surface area contributed by atoms with Crippen molar-refractivity contribution in [1.82, 2.24) is 4.90 Å². The Kier molecular flexibility index (Phi) is 5.27. The van der Waals surface area contributed by atoms with Gasteiger partial charge in [-0.25, -0.2) is 0 Å². The van der Waals surface area contributed by atoms with Crippen molar-refractivity contribution in [3.63, 3.8) is 0 Å². The zero-order valence-corrected chi connectivity index (χ0v) is 6.63. The molecule has 1 N–H and O–H groups in total. The molecule has 0 spiro atoms. The van der Waals surface area contributed by atoms with E-state index in [1.807, 2.05) is 0 Å². The highest BCUT2D eigenvalue weighted by Crippen LogP contribution is 2.06. The highest BCUT2D eigenvalue weighted by Gasteiger charge is 2.15. The molecule has 0 radical (unpaired) electrons. The van der Waals surface area contributed by atoms with Gasteiger partial charge in [0.2, 0.25) is 0 Å². The van der Waals surface area contributed by atoms with Crippen molar-refractivity contribution in [2.45, 2.75) is 19.3 Å². The second-order valence-corrected chi connectivity index (χ2v) is 2.33. The monoisotopic (exact) mass is 169 g/mol. The Balaban J connectivity index is 3.69. The molecule has 0 fully saturated rings. The Bertz CT molecular complexity index is 101. The summed E-state index contributed by atoms with van der Waals surface area (Å²) in [5.41, 5.74) is 0. The first-order valence-corrected chi connectivity index (χ1v) is 3.28. The third-order valence-corrected chi connectivity index (χ3v) is 1.21. The van der Waals surface area contributed by atoms with Crippen molar-refractivity contribution in [2.24, 2.45) is 0 Å². The molecule has 0 aromatic carbocycles. The highest BCUT2D eigenvalue weighted by molar-refractivity contribution is 4.52. The van der Waals surface area contributed by atoms with E-state index in [0.717, 1.165) is 0 Å². The summed E-state index contributed by atoms with van der Waals surface area (Å²) in [5, 5.41) is 8.45. The van der Waals surface area contributed by atoms with Crippen LogP contribution in [-0.4, -0.2) is 43.5 Å². The second kappa shape index (κ2) is 5.40. The molecule has 0 aliphatic carbocycles. The summed E-state index contributed by atoms with van der Waals surface area (Å²) in [6.45, 7) is -2.94. The molecule has 0 rings (SSSR count). The summed E-state index contributed by atoms with van der Waals surface area (Å²) in [5.74, 6) is 0. The predicted octanol–water partition coefficient (Wildman–Crippen LogP) is 0.496. The van der Waals surface area contributed by atoms with Gasteiger partial charge in [-0.1, -0.05) is 0 Å². The first-order valence-electron chi connectivity index (χ1n) is 3.28. The van der Waals surface area contributed by atoms with Crippen LogP contribution in [0.2, 0.25) is 0 Å². The lowest BCUT2D eigenvalue weighted by Crippen LogP contribution is -2.33. The van der Waals surface area contributed by atoms with Crippen LogP contribution in [0.1, 0.15) is 6.42 Å². The Labute approximate surface area is 64.6 Å². The Morgan fingerprint density at radius 3 is 2.27 bits per heavy atom. The predicted molar refractivity (Wildman–Crippen MR) is 36.3 cm³/mol. The van der Waals surface area contributed by atoms with E-state index >= 15 is 0 Å². The summed E-state index contributed by atoms with van der Waals surface area (Å²) >= 11 is 0. The molecule has 0 saturated carbocycles. The van der Waals surface area contributed by atoms with Crippen molar-refractivity contribution in [1.29, 1.82) is 0 Å². The van der Waals surface area contributed by atoms with Gasteiger partial charge >= 0.3 is 6.61 Å². The summed E-state index contributed by atoms with van der Waals surface area (Å²) < 4.78 is 27.5. The zero-order valence-electron chi connectivity index (χ0n) is 6.63. The minimum atomic E-state index is -2.78. The number of rotatable bonds is 5. The molecule has 11 heavy (non-hydrogen) atoms. The molecule has 0 heterocycles. The number of hydrogen-bond donors (Lipinski definition) is 1. The Morgan fingerprint density at radius 2 is 2.00 bits per heavy atom. The number of hydrogen-bond acceptors (Lipinski definition) is 3. The van der Waals surface area contributed by atoms with Crippen molar-refractivity contribution in [3.05, 3.63) is 0 Å². The standard InChI is InChI=1S/C6H13F2NO2/c1-9(2)5(3-4-10)11-6(7)8/h5-6,10H,3-4H2,1-2H3. The number of ether oxygens (including phenoxy) is 1. The van der Waals surface area contributed by atoms with Crippen LogP contribution in [0.5, 0.6) is 0 Å². The molecule has 0 bridgehead atoms. The molecular weight excluding hydrogens is 156 g/mol. The highest BCUT2D eigenvalue weighted by atomic mass is 19.3. The van der Waals surface area contributed by atoms with Crippen LogP contribution in [0.15, 0.2) is 0 Å². The van der Waals surface area contributed by atoms with Crippen molar-refractivity contribution in [3.8, 4) is 0 Å². The van der Waals surface area contributed by atoms with Gasteiger partial charge in [0.15, 0.2) is 0 Å². The summed E-state index contributed by atoms with van der Waals surface area (Å²) in [4.78, 5) is 1.49. The van der Waals surface area contributed by atoms with Crippen molar-refractivity contribution < 1.29 is 18.6 Å². The van der Waals surface area contributed by atoms with Gasteiger partial charge in [0, 0.05) is 13.0 Å². The molecule has 3 nitrogen and oxygen atoms in total. The first-order chi connectivity index (χ1) is 5.07. The molecule has 68 valence electrons.